The third-order valence-corrected chi connectivity index (χ3v) is 10.7. The number of rotatable bonds is 7. The summed E-state index contributed by atoms with van der Waals surface area (Å²) < 4.78 is 30.0. The van der Waals surface area contributed by atoms with Gasteiger partial charge in [-0.05, 0) is 75.6 Å². The van der Waals surface area contributed by atoms with Gasteiger partial charge < -0.3 is 20.9 Å². The van der Waals surface area contributed by atoms with Gasteiger partial charge in [0.2, 0.25) is 16.0 Å². The molecule has 2 aromatic heterocycles. The van der Waals surface area contributed by atoms with Gasteiger partial charge in [0.25, 0.3) is 0 Å². The second kappa shape index (κ2) is 11.2. The molecular formula is C27H37ClN8O2S. The molecule has 3 fully saturated rings. The zero-order valence-electron chi connectivity index (χ0n) is 22.1. The summed E-state index contributed by atoms with van der Waals surface area (Å²) in [6.45, 7) is 0.863. The van der Waals surface area contributed by atoms with Crippen molar-refractivity contribution >= 4 is 44.6 Å². The Morgan fingerprint density at radius 2 is 1.54 bits per heavy atom. The Bertz CT molecular complexity index is 1390. The lowest BCUT2D eigenvalue weighted by Gasteiger charge is -2.32. The van der Waals surface area contributed by atoms with Crippen molar-refractivity contribution in [3.63, 3.8) is 0 Å². The summed E-state index contributed by atoms with van der Waals surface area (Å²) in [5.41, 5.74) is 7.75. The molecule has 3 heterocycles. The fourth-order valence-electron chi connectivity index (χ4n) is 6.17. The molecule has 0 unspecified atom stereocenters. The van der Waals surface area contributed by atoms with Crippen LogP contribution in [-0.2, 0) is 10.0 Å². The van der Waals surface area contributed by atoms with Crippen LogP contribution in [0.25, 0.3) is 11.2 Å². The number of aromatic nitrogens is 4. The van der Waals surface area contributed by atoms with Gasteiger partial charge in [-0.3, -0.25) is 0 Å². The zero-order valence-corrected chi connectivity index (χ0v) is 23.7. The van der Waals surface area contributed by atoms with E-state index in [2.05, 4.69) is 15.2 Å². The molecule has 0 atom stereocenters. The molecule has 0 radical (unpaired) electrons. The first-order valence-corrected chi connectivity index (χ1v) is 16.0. The minimum atomic E-state index is -3.56. The van der Waals surface area contributed by atoms with Crippen LogP contribution in [0.5, 0.6) is 0 Å². The van der Waals surface area contributed by atoms with E-state index in [1.807, 2.05) is 6.33 Å². The standard InChI is InChI=1S/C27H37ClN8O2S/c28-18-5-11-23(12-6-18)39(37,38)35-15-13-21(14-16-35)31-25-24-26(36(17-30-24)22-3-1-2-4-22)34-27(33-25)32-20-9-7-19(29)8-10-20/h5-6,11-12,17,19-22H,1-4,7-10,13-16,29H2,(H2,31,32,33,34)/t19-,20-. The van der Waals surface area contributed by atoms with Crippen LogP contribution in [0.3, 0.4) is 0 Å². The Kier molecular flexibility index (Phi) is 7.67. The summed E-state index contributed by atoms with van der Waals surface area (Å²) in [5.74, 6) is 1.33. The van der Waals surface area contributed by atoms with Gasteiger partial charge >= 0.3 is 0 Å². The SMILES string of the molecule is N[C@H]1CC[C@H](Nc2nc(NC3CCN(S(=O)(=O)c4ccc(Cl)cc4)CC3)c3ncn(C4CCCC4)c3n2)CC1. The Morgan fingerprint density at radius 3 is 2.23 bits per heavy atom. The van der Waals surface area contributed by atoms with E-state index >= 15 is 0 Å². The number of sulfonamides is 1. The number of piperidine rings is 1. The van der Waals surface area contributed by atoms with Gasteiger partial charge in [0.15, 0.2) is 17.0 Å². The predicted octanol–water partition coefficient (Wildman–Crippen LogP) is 4.54. The maximum absolute atomic E-state index is 13.1. The number of anilines is 2. The normalized spacial score (nSPS) is 23.8. The molecule has 3 aliphatic rings. The highest BCUT2D eigenvalue weighted by Gasteiger charge is 2.31. The van der Waals surface area contributed by atoms with Crippen LogP contribution in [0, 0.1) is 0 Å². The maximum Gasteiger partial charge on any atom is 0.243 e. The fourth-order valence-corrected chi connectivity index (χ4v) is 7.76. The first-order valence-electron chi connectivity index (χ1n) is 14.2. The van der Waals surface area contributed by atoms with Crippen LogP contribution in [0.15, 0.2) is 35.5 Å². The molecule has 10 nitrogen and oxygen atoms in total. The van der Waals surface area contributed by atoms with Gasteiger partial charge in [-0.15, -0.1) is 0 Å². The minimum Gasteiger partial charge on any atom is -0.365 e. The van der Waals surface area contributed by atoms with Crippen LogP contribution in [0.4, 0.5) is 11.8 Å². The quantitative estimate of drug-likeness (QED) is 0.376. The highest BCUT2D eigenvalue weighted by molar-refractivity contribution is 7.89. The molecule has 1 aromatic carbocycles. The van der Waals surface area contributed by atoms with Crippen LogP contribution in [-0.4, -0.2) is 63.5 Å². The third-order valence-electron chi connectivity index (χ3n) is 8.49. The van der Waals surface area contributed by atoms with E-state index in [-0.39, 0.29) is 17.0 Å². The number of fused-ring (bicyclic) bond motifs is 1. The van der Waals surface area contributed by atoms with Crippen molar-refractivity contribution in [3.8, 4) is 0 Å². The van der Waals surface area contributed by atoms with Crippen LogP contribution >= 0.6 is 11.6 Å². The van der Waals surface area contributed by atoms with Gasteiger partial charge in [-0.1, -0.05) is 24.4 Å². The average molecular weight is 573 g/mol. The minimum absolute atomic E-state index is 0.0805. The summed E-state index contributed by atoms with van der Waals surface area (Å²) in [5, 5.41) is 7.70. The molecule has 6 rings (SSSR count). The lowest BCUT2D eigenvalue weighted by Crippen LogP contribution is -2.42. The van der Waals surface area contributed by atoms with Crippen molar-refractivity contribution in [2.75, 3.05) is 23.7 Å². The molecule has 210 valence electrons. The summed E-state index contributed by atoms with van der Waals surface area (Å²) >= 11 is 5.95. The number of nitrogens with two attached hydrogens (primary N) is 1. The van der Waals surface area contributed by atoms with Crippen molar-refractivity contribution in [1.29, 1.82) is 0 Å². The highest BCUT2D eigenvalue weighted by atomic mass is 35.5. The Balaban J connectivity index is 1.20. The van der Waals surface area contributed by atoms with Crippen molar-refractivity contribution in [3.05, 3.63) is 35.6 Å². The molecule has 3 aromatic rings. The molecule has 2 saturated carbocycles. The molecule has 0 spiro atoms. The number of nitrogens with zero attached hydrogens (tertiary/aromatic N) is 5. The third kappa shape index (κ3) is 5.73. The largest absolute Gasteiger partial charge is 0.365 e. The number of nitrogens with one attached hydrogen (secondary N) is 2. The molecule has 39 heavy (non-hydrogen) atoms. The summed E-state index contributed by atoms with van der Waals surface area (Å²) in [4.78, 5) is 14.8. The van der Waals surface area contributed by atoms with Crippen molar-refractivity contribution in [2.45, 2.75) is 93.3 Å². The van der Waals surface area contributed by atoms with E-state index in [9.17, 15) is 8.42 Å². The molecule has 12 heteroatoms. The van der Waals surface area contributed by atoms with Gasteiger partial charge in [0.05, 0.1) is 11.2 Å². The fraction of sp³-hybridized carbons (Fsp3) is 0.593. The molecule has 1 saturated heterocycles. The van der Waals surface area contributed by atoms with E-state index < -0.39 is 10.0 Å². The van der Waals surface area contributed by atoms with E-state index in [1.54, 1.807) is 28.6 Å². The van der Waals surface area contributed by atoms with Crippen LogP contribution in [0.1, 0.15) is 70.3 Å². The molecule has 1 aliphatic heterocycles. The first kappa shape index (κ1) is 26.7. The lowest BCUT2D eigenvalue weighted by atomic mass is 9.92. The molecule has 2 aliphatic carbocycles. The second-order valence-corrected chi connectivity index (χ2v) is 13.6. The summed E-state index contributed by atoms with van der Waals surface area (Å²) in [7, 11) is -3.56. The predicted molar refractivity (Wildman–Crippen MR) is 154 cm³/mol. The van der Waals surface area contributed by atoms with Gasteiger partial charge in [0, 0.05) is 42.3 Å². The van der Waals surface area contributed by atoms with E-state index in [4.69, 9.17) is 32.3 Å². The number of halogens is 1. The smallest absolute Gasteiger partial charge is 0.243 e. The van der Waals surface area contributed by atoms with E-state index in [0.29, 0.717) is 54.8 Å². The topological polar surface area (TPSA) is 131 Å². The molecule has 0 bridgehead atoms. The second-order valence-electron chi connectivity index (χ2n) is 11.2. The summed E-state index contributed by atoms with van der Waals surface area (Å²) in [6, 6.07) is 7.43. The van der Waals surface area contributed by atoms with Crippen molar-refractivity contribution in [2.24, 2.45) is 5.73 Å². The van der Waals surface area contributed by atoms with Crippen molar-refractivity contribution in [1.82, 2.24) is 23.8 Å². The van der Waals surface area contributed by atoms with E-state index in [1.165, 1.54) is 12.8 Å². The monoisotopic (exact) mass is 572 g/mol. The Labute approximate surface area is 234 Å². The van der Waals surface area contributed by atoms with Gasteiger partial charge in [-0.2, -0.15) is 14.3 Å². The Hall–Kier alpha value is -2.47. The summed E-state index contributed by atoms with van der Waals surface area (Å²) in [6.07, 6.45) is 12.0. The number of benzene rings is 1. The van der Waals surface area contributed by atoms with Crippen molar-refractivity contribution < 1.29 is 8.42 Å². The van der Waals surface area contributed by atoms with E-state index in [0.717, 1.165) is 49.7 Å². The Morgan fingerprint density at radius 1 is 0.872 bits per heavy atom. The molecular weight excluding hydrogens is 536 g/mol. The highest BCUT2D eigenvalue weighted by Crippen LogP contribution is 2.34. The molecule has 0 amide bonds. The maximum atomic E-state index is 13.1. The average Bonchev–Trinajstić information content (AvgIpc) is 3.61. The lowest BCUT2D eigenvalue weighted by molar-refractivity contribution is 0.329. The molecule has 4 N–H and O–H groups in total. The number of imidazole rings is 1. The van der Waals surface area contributed by atoms with Crippen LogP contribution < -0.4 is 16.4 Å². The first-order chi connectivity index (χ1) is 18.9. The number of hydrogen-bond acceptors (Lipinski definition) is 8. The van der Waals surface area contributed by atoms with Gasteiger partial charge in [0.1, 0.15) is 0 Å². The zero-order chi connectivity index (χ0) is 27.0. The van der Waals surface area contributed by atoms with Crippen LogP contribution in [0.2, 0.25) is 5.02 Å². The number of hydrogen-bond donors (Lipinski definition) is 3. The van der Waals surface area contributed by atoms with Gasteiger partial charge in [-0.25, -0.2) is 13.4 Å².